The Kier molecular flexibility index (Phi) is 3.82. The molecule has 2 heterocycles. The fourth-order valence-corrected chi connectivity index (χ4v) is 2.55. The molecule has 1 amide bonds. The number of nitrogens with zero attached hydrogens (tertiary/aromatic N) is 4. The number of carbonyl (C=O) groups is 2. The number of hydrogen-bond acceptors (Lipinski definition) is 4. The van der Waals surface area contributed by atoms with E-state index in [0.717, 1.165) is 19.4 Å². The Labute approximate surface area is 111 Å². The van der Waals surface area contributed by atoms with E-state index in [9.17, 15) is 9.59 Å². The van der Waals surface area contributed by atoms with Gasteiger partial charge in [-0.05, 0) is 18.8 Å². The van der Waals surface area contributed by atoms with Gasteiger partial charge >= 0.3 is 5.97 Å². The first-order valence-electron chi connectivity index (χ1n) is 6.44. The van der Waals surface area contributed by atoms with Crippen molar-refractivity contribution in [2.45, 2.75) is 39.3 Å². The predicted molar refractivity (Wildman–Crippen MR) is 66.6 cm³/mol. The van der Waals surface area contributed by atoms with Crippen molar-refractivity contribution >= 4 is 11.9 Å². The molecule has 7 heteroatoms. The van der Waals surface area contributed by atoms with Gasteiger partial charge < -0.3 is 10.0 Å². The first-order valence-corrected chi connectivity index (χ1v) is 6.44. The zero-order valence-electron chi connectivity index (χ0n) is 11.1. The molecular formula is C12H18N4O3. The van der Waals surface area contributed by atoms with E-state index >= 15 is 0 Å². The number of aromatic carboxylic acids is 1. The van der Waals surface area contributed by atoms with Crippen LogP contribution in [-0.2, 0) is 11.3 Å². The Bertz CT molecular complexity index is 485. The van der Waals surface area contributed by atoms with Gasteiger partial charge in [0.1, 0.15) is 6.54 Å². The van der Waals surface area contributed by atoms with Crippen LogP contribution in [0.15, 0.2) is 6.20 Å². The summed E-state index contributed by atoms with van der Waals surface area (Å²) in [7, 11) is 0. The third-order valence-corrected chi connectivity index (χ3v) is 3.47. The number of carboxylic acid groups (broad SMARTS) is 1. The summed E-state index contributed by atoms with van der Waals surface area (Å²) in [5.41, 5.74) is -0.144. The van der Waals surface area contributed by atoms with Crippen LogP contribution in [0.2, 0.25) is 0 Å². The molecule has 2 atom stereocenters. The van der Waals surface area contributed by atoms with E-state index in [1.54, 1.807) is 0 Å². The lowest BCUT2D eigenvalue weighted by Crippen LogP contribution is -2.37. The summed E-state index contributed by atoms with van der Waals surface area (Å²) in [6.07, 6.45) is 3.24. The van der Waals surface area contributed by atoms with Crippen molar-refractivity contribution in [1.82, 2.24) is 19.9 Å². The standard InChI is InChI=1S/C12H18N4O3/c1-3-9-4-8(2)5-16(9)11(17)7-15-6-10(12(18)19)13-14-15/h6,8-9H,3-5,7H2,1-2H3,(H,18,19). The van der Waals surface area contributed by atoms with Crippen LogP contribution in [0, 0.1) is 5.92 Å². The van der Waals surface area contributed by atoms with E-state index in [4.69, 9.17) is 5.11 Å². The molecule has 7 nitrogen and oxygen atoms in total. The topological polar surface area (TPSA) is 88.3 Å². The molecule has 1 aliphatic heterocycles. The van der Waals surface area contributed by atoms with Crippen molar-refractivity contribution in [3.8, 4) is 0 Å². The maximum Gasteiger partial charge on any atom is 0.358 e. The molecule has 1 fully saturated rings. The number of amides is 1. The fraction of sp³-hybridized carbons (Fsp3) is 0.667. The van der Waals surface area contributed by atoms with Crippen LogP contribution in [-0.4, -0.2) is 49.5 Å². The normalized spacial score (nSPS) is 22.7. The van der Waals surface area contributed by atoms with E-state index < -0.39 is 5.97 Å². The van der Waals surface area contributed by atoms with Crippen LogP contribution >= 0.6 is 0 Å². The molecule has 0 radical (unpaired) electrons. The largest absolute Gasteiger partial charge is 0.476 e. The summed E-state index contributed by atoms with van der Waals surface area (Å²) in [5, 5.41) is 15.9. The summed E-state index contributed by atoms with van der Waals surface area (Å²) in [6.45, 7) is 5.01. The molecule has 1 aliphatic rings. The van der Waals surface area contributed by atoms with Gasteiger partial charge in [0.2, 0.25) is 5.91 Å². The maximum absolute atomic E-state index is 12.2. The molecule has 1 N–H and O–H groups in total. The highest BCUT2D eigenvalue weighted by atomic mass is 16.4. The highest BCUT2D eigenvalue weighted by Crippen LogP contribution is 2.25. The molecule has 104 valence electrons. The van der Waals surface area contributed by atoms with Gasteiger partial charge in [-0.3, -0.25) is 4.79 Å². The SMILES string of the molecule is CCC1CC(C)CN1C(=O)Cn1cc(C(=O)O)nn1. The van der Waals surface area contributed by atoms with Crippen LogP contribution in [0.3, 0.4) is 0 Å². The lowest BCUT2D eigenvalue weighted by molar-refractivity contribution is -0.133. The average Bonchev–Trinajstić information content (AvgIpc) is 2.95. The lowest BCUT2D eigenvalue weighted by Gasteiger charge is -2.23. The smallest absolute Gasteiger partial charge is 0.358 e. The lowest BCUT2D eigenvalue weighted by atomic mass is 10.1. The van der Waals surface area contributed by atoms with Gasteiger partial charge in [-0.25, -0.2) is 9.48 Å². The van der Waals surface area contributed by atoms with Crippen LogP contribution < -0.4 is 0 Å². The van der Waals surface area contributed by atoms with Crippen molar-refractivity contribution < 1.29 is 14.7 Å². The number of carbonyl (C=O) groups excluding carboxylic acids is 1. The Morgan fingerprint density at radius 3 is 2.84 bits per heavy atom. The maximum atomic E-state index is 12.2. The zero-order valence-corrected chi connectivity index (χ0v) is 11.1. The van der Waals surface area contributed by atoms with Crippen LogP contribution in [0.1, 0.15) is 37.2 Å². The Morgan fingerprint density at radius 2 is 2.26 bits per heavy atom. The van der Waals surface area contributed by atoms with Crippen molar-refractivity contribution in [3.05, 3.63) is 11.9 Å². The van der Waals surface area contributed by atoms with E-state index in [2.05, 4.69) is 24.2 Å². The number of carboxylic acids is 1. The summed E-state index contributed by atoms with van der Waals surface area (Å²) in [5.74, 6) is -0.655. The summed E-state index contributed by atoms with van der Waals surface area (Å²) >= 11 is 0. The first kappa shape index (κ1) is 13.5. The molecule has 1 aromatic heterocycles. The number of likely N-dealkylation sites (tertiary alicyclic amines) is 1. The van der Waals surface area contributed by atoms with E-state index in [1.165, 1.54) is 10.9 Å². The van der Waals surface area contributed by atoms with Crippen molar-refractivity contribution in [3.63, 3.8) is 0 Å². The molecule has 19 heavy (non-hydrogen) atoms. The minimum atomic E-state index is -1.14. The molecule has 1 aromatic rings. The predicted octanol–water partition coefficient (Wildman–Crippen LogP) is 0.623. The van der Waals surface area contributed by atoms with E-state index in [1.807, 2.05) is 4.90 Å². The highest BCUT2D eigenvalue weighted by molar-refractivity contribution is 5.84. The Morgan fingerprint density at radius 1 is 1.53 bits per heavy atom. The minimum absolute atomic E-state index is 0.0296. The fourth-order valence-electron chi connectivity index (χ4n) is 2.55. The number of hydrogen-bond donors (Lipinski definition) is 1. The molecule has 1 saturated heterocycles. The van der Waals surface area contributed by atoms with Gasteiger partial charge in [0, 0.05) is 12.6 Å². The van der Waals surface area contributed by atoms with Crippen molar-refractivity contribution in [2.75, 3.05) is 6.54 Å². The van der Waals surface area contributed by atoms with Crippen LogP contribution in [0.5, 0.6) is 0 Å². The summed E-state index contributed by atoms with van der Waals surface area (Å²) < 4.78 is 1.28. The Balaban J connectivity index is 2.02. The molecule has 0 spiro atoms. The molecular weight excluding hydrogens is 248 g/mol. The van der Waals surface area contributed by atoms with Gasteiger partial charge in [0.15, 0.2) is 5.69 Å². The molecule has 2 rings (SSSR count). The van der Waals surface area contributed by atoms with Gasteiger partial charge in [0.25, 0.3) is 0 Å². The van der Waals surface area contributed by atoms with Crippen LogP contribution in [0.4, 0.5) is 0 Å². The van der Waals surface area contributed by atoms with Gasteiger partial charge in [-0.15, -0.1) is 5.10 Å². The molecule has 0 bridgehead atoms. The third-order valence-electron chi connectivity index (χ3n) is 3.47. The van der Waals surface area contributed by atoms with Crippen LogP contribution in [0.25, 0.3) is 0 Å². The second-order valence-electron chi connectivity index (χ2n) is 5.06. The second kappa shape index (κ2) is 5.38. The average molecular weight is 266 g/mol. The van der Waals surface area contributed by atoms with Crippen molar-refractivity contribution in [2.24, 2.45) is 5.92 Å². The molecule has 0 saturated carbocycles. The summed E-state index contributed by atoms with van der Waals surface area (Å²) in [6, 6.07) is 0.282. The van der Waals surface area contributed by atoms with Gasteiger partial charge in [0.05, 0.1) is 6.20 Å². The Hall–Kier alpha value is -1.92. The summed E-state index contributed by atoms with van der Waals surface area (Å²) in [4.78, 5) is 24.8. The highest BCUT2D eigenvalue weighted by Gasteiger charge is 2.31. The molecule has 0 aromatic carbocycles. The monoisotopic (exact) mass is 266 g/mol. The molecule has 2 unspecified atom stereocenters. The number of rotatable bonds is 4. The van der Waals surface area contributed by atoms with Gasteiger partial charge in [-0.2, -0.15) is 0 Å². The van der Waals surface area contributed by atoms with E-state index in [0.29, 0.717) is 5.92 Å². The van der Waals surface area contributed by atoms with Gasteiger partial charge in [-0.1, -0.05) is 19.1 Å². The second-order valence-corrected chi connectivity index (χ2v) is 5.06. The number of aromatic nitrogens is 3. The molecule has 0 aliphatic carbocycles. The minimum Gasteiger partial charge on any atom is -0.476 e. The first-order chi connectivity index (χ1) is 9.01. The van der Waals surface area contributed by atoms with Crippen molar-refractivity contribution in [1.29, 1.82) is 0 Å². The third kappa shape index (κ3) is 2.91. The van der Waals surface area contributed by atoms with E-state index in [-0.39, 0.29) is 24.2 Å². The zero-order chi connectivity index (χ0) is 14.0. The quantitative estimate of drug-likeness (QED) is 0.863.